The van der Waals surface area contributed by atoms with Crippen LogP contribution in [0.4, 0.5) is 0 Å². The first-order chi connectivity index (χ1) is 25.0. The van der Waals surface area contributed by atoms with Crippen LogP contribution in [0.5, 0.6) is 11.5 Å². The highest BCUT2D eigenvalue weighted by molar-refractivity contribution is 6.24. The van der Waals surface area contributed by atoms with E-state index in [9.17, 15) is 0 Å². The van der Waals surface area contributed by atoms with Crippen molar-refractivity contribution in [3.8, 4) is 11.5 Å². The lowest BCUT2D eigenvalue weighted by molar-refractivity contribution is 0.414. The standard InChI is InChI=1S/C27H18N2.C17H17N3O2/c1-28-22-12-6-5-11-21(22)26-24(28)15-14-17-16-25-20-10-3-2-8-18(20)19-9-4-7-13-23(19)29(25)27(17)26;1-19-17(13-6-10-15(22-3)11-7-13)20-16(18)12-4-8-14(21-2)9-5-12/h2-16H,1H3;4-11,18H,1H2,2-3H3. The molecule has 248 valence electrons. The summed E-state index contributed by atoms with van der Waals surface area (Å²) in [5, 5.41) is 15.9. The topological polar surface area (TPSA) is 76.4 Å². The fourth-order valence-corrected chi connectivity index (χ4v) is 7.08. The Labute approximate surface area is 294 Å². The predicted molar refractivity (Wildman–Crippen MR) is 213 cm³/mol. The molecule has 0 bridgehead atoms. The van der Waals surface area contributed by atoms with Crippen molar-refractivity contribution in [3.63, 3.8) is 0 Å². The Bertz CT molecular complexity index is 2810. The third-order valence-corrected chi connectivity index (χ3v) is 9.56. The van der Waals surface area contributed by atoms with Gasteiger partial charge in [-0.1, -0.05) is 66.7 Å². The summed E-state index contributed by atoms with van der Waals surface area (Å²) in [7, 11) is 5.37. The second-order valence-electron chi connectivity index (χ2n) is 12.3. The van der Waals surface area contributed by atoms with Gasteiger partial charge in [-0.3, -0.25) is 5.41 Å². The lowest BCUT2D eigenvalue weighted by Crippen LogP contribution is -2.03. The fourth-order valence-electron chi connectivity index (χ4n) is 7.08. The van der Waals surface area contributed by atoms with E-state index in [0.29, 0.717) is 11.4 Å². The van der Waals surface area contributed by atoms with Crippen molar-refractivity contribution in [1.82, 2.24) is 8.97 Å². The molecule has 0 aliphatic carbocycles. The van der Waals surface area contributed by atoms with Crippen LogP contribution in [0.25, 0.3) is 59.9 Å². The normalized spacial score (nSPS) is 11.7. The number of nitrogens with zero attached hydrogens (tertiary/aromatic N) is 4. The maximum absolute atomic E-state index is 8.08. The number of ether oxygens (including phenoxy) is 2. The summed E-state index contributed by atoms with van der Waals surface area (Å²) in [4.78, 5) is 8.14. The summed E-state index contributed by atoms with van der Waals surface area (Å²) >= 11 is 0. The van der Waals surface area contributed by atoms with Gasteiger partial charge in [-0.05, 0) is 84.9 Å². The molecule has 0 radical (unpaired) electrons. The van der Waals surface area contributed by atoms with Gasteiger partial charge in [0, 0.05) is 50.6 Å². The minimum absolute atomic E-state index is 0.112. The van der Waals surface area contributed by atoms with Crippen molar-refractivity contribution in [2.45, 2.75) is 0 Å². The highest BCUT2D eigenvalue weighted by Gasteiger charge is 2.17. The zero-order chi connectivity index (χ0) is 35.1. The molecule has 0 saturated heterocycles. The van der Waals surface area contributed by atoms with Crippen LogP contribution in [0.15, 0.2) is 150 Å². The van der Waals surface area contributed by atoms with Gasteiger partial charge in [0.05, 0.1) is 36.3 Å². The average Bonchev–Trinajstić information content (AvgIpc) is 3.73. The van der Waals surface area contributed by atoms with E-state index in [1.807, 2.05) is 24.3 Å². The minimum Gasteiger partial charge on any atom is -0.497 e. The molecule has 7 heteroatoms. The number of fused-ring (bicyclic) bond motifs is 12. The van der Waals surface area contributed by atoms with Gasteiger partial charge in [0.2, 0.25) is 0 Å². The second-order valence-corrected chi connectivity index (χ2v) is 12.3. The van der Waals surface area contributed by atoms with Crippen LogP contribution in [0.3, 0.4) is 0 Å². The molecule has 3 aromatic heterocycles. The number of aliphatic imine (C=N–C) groups is 2. The molecule has 51 heavy (non-hydrogen) atoms. The van der Waals surface area contributed by atoms with Crippen molar-refractivity contribution in [1.29, 1.82) is 5.41 Å². The zero-order valence-corrected chi connectivity index (χ0v) is 28.6. The first-order valence-corrected chi connectivity index (χ1v) is 16.6. The number of benzene rings is 6. The van der Waals surface area contributed by atoms with Gasteiger partial charge in [-0.25, -0.2) is 9.98 Å². The van der Waals surface area contributed by atoms with Crippen molar-refractivity contribution in [3.05, 3.63) is 151 Å². The lowest BCUT2D eigenvalue weighted by atomic mass is 10.1. The summed E-state index contributed by atoms with van der Waals surface area (Å²) in [6, 6.07) is 47.6. The Morgan fingerprint density at radius 1 is 0.588 bits per heavy atom. The number of rotatable bonds is 4. The van der Waals surface area contributed by atoms with Gasteiger partial charge in [-0.15, -0.1) is 0 Å². The van der Waals surface area contributed by atoms with E-state index in [1.54, 1.807) is 38.5 Å². The zero-order valence-electron chi connectivity index (χ0n) is 28.6. The average molecular weight is 666 g/mol. The maximum Gasteiger partial charge on any atom is 0.161 e. The number of aromatic nitrogens is 2. The number of pyridine rings is 1. The van der Waals surface area contributed by atoms with Gasteiger partial charge < -0.3 is 18.4 Å². The summed E-state index contributed by atoms with van der Waals surface area (Å²) in [5.74, 6) is 1.99. The van der Waals surface area contributed by atoms with E-state index in [-0.39, 0.29) is 5.84 Å². The number of methoxy groups -OCH3 is 2. The van der Waals surface area contributed by atoms with Crippen LogP contribution in [-0.2, 0) is 7.05 Å². The number of aryl methyl sites for hydroxylation is 1. The van der Waals surface area contributed by atoms with E-state index >= 15 is 0 Å². The number of hydrogen-bond donors (Lipinski definition) is 1. The van der Waals surface area contributed by atoms with Crippen molar-refractivity contribution in [2.75, 3.05) is 14.2 Å². The third kappa shape index (κ3) is 5.36. The monoisotopic (exact) mass is 665 g/mol. The summed E-state index contributed by atoms with van der Waals surface area (Å²) in [5.41, 5.74) is 7.83. The molecular weight excluding hydrogens is 631 g/mol. The summed E-state index contributed by atoms with van der Waals surface area (Å²) < 4.78 is 15.0. The van der Waals surface area contributed by atoms with E-state index in [2.05, 4.69) is 124 Å². The molecule has 0 aliphatic heterocycles. The van der Waals surface area contributed by atoms with Crippen molar-refractivity contribution >= 4 is 78.3 Å². The quantitative estimate of drug-likeness (QED) is 0.115. The van der Waals surface area contributed by atoms with Crippen LogP contribution in [0, 0.1) is 5.41 Å². The molecule has 0 amide bonds. The second kappa shape index (κ2) is 12.9. The molecule has 9 rings (SSSR count). The van der Waals surface area contributed by atoms with Crippen LogP contribution in [0.2, 0.25) is 0 Å². The molecule has 0 unspecified atom stereocenters. The Morgan fingerprint density at radius 3 is 1.76 bits per heavy atom. The molecule has 0 saturated carbocycles. The van der Waals surface area contributed by atoms with E-state index in [1.165, 1.54) is 59.9 Å². The van der Waals surface area contributed by atoms with E-state index in [0.717, 1.165) is 17.1 Å². The van der Waals surface area contributed by atoms with E-state index in [4.69, 9.17) is 14.9 Å². The molecule has 1 N–H and O–H groups in total. The highest BCUT2D eigenvalue weighted by Crippen LogP contribution is 2.39. The van der Waals surface area contributed by atoms with Gasteiger partial charge in [0.15, 0.2) is 11.7 Å². The number of nitrogens with one attached hydrogen (secondary N) is 1. The number of para-hydroxylation sites is 2. The van der Waals surface area contributed by atoms with Crippen molar-refractivity contribution in [2.24, 2.45) is 17.0 Å². The third-order valence-electron chi connectivity index (χ3n) is 9.56. The Balaban J connectivity index is 0.000000154. The maximum atomic E-state index is 8.08. The smallest absolute Gasteiger partial charge is 0.161 e. The highest BCUT2D eigenvalue weighted by atomic mass is 16.5. The summed E-state index contributed by atoms with van der Waals surface area (Å²) in [6.45, 7) is 3.53. The molecule has 0 aliphatic rings. The largest absolute Gasteiger partial charge is 0.497 e. The molecule has 9 aromatic rings. The summed E-state index contributed by atoms with van der Waals surface area (Å²) in [6.07, 6.45) is 0. The molecule has 0 atom stereocenters. The fraction of sp³-hybridized carbons (Fsp3) is 0.0682. The van der Waals surface area contributed by atoms with Gasteiger partial charge in [0.1, 0.15) is 11.5 Å². The first kappa shape index (κ1) is 31.5. The SMILES string of the molecule is C=NC(=NC(=N)c1ccc(OC)cc1)c1ccc(OC)cc1.Cn1c2ccccc2c2c1ccc1cc3c4ccccc4c4ccccc4n3c12. The van der Waals surface area contributed by atoms with Gasteiger partial charge in [-0.2, -0.15) is 0 Å². The van der Waals surface area contributed by atoms with Crippen LogP contribution in [0.1, 0.15) is 11.1 Å². The van der Waals surface area contributed by atoms with Crippen LogP contribution < -0.4 is 9.47 Å². The molecule has 0 spiro atoms. The number of hydrogen-bond acceptors (Lipinski definition) is 3. The molecular formula is C44H35N5O2. The van der Waals surface area contributed by atoms with E-state index < -0.39 is 0 Å². The Kier molecular flexibility index (Phi) is 8.01. The number of amidine groups is 2. The Morgan fingerprint density at radius 2 is 1.14 bits per heavy atom. The van der Waals surface area contributed by atoms with Gasteiger partial charge >= 0.3 is 0 Å². The van der Waals surface area contributed by atoms with Crippen LogP contribution in [-0.4, -0.2) is 41.6 Å². The molecule has 3 heterocycles. The lowest BCUT2D eigenvalue weighted by Gasteiger charge is -2.10. The minimum atomic E-state index is 0.112. The molecule has 6 aromatic carbocycles. The predicted octanol–water partition coefficient (Wildman–Crippen LogP) is 10.2. The van der Waals surface area contributed by atoms with Gasteiger partial charge in [0.25, 0.3) is 0 Å². The molecule has 7 nitrogen and oxygen atoms in total. The van der Waals surface area contributed by atoms with Crippen LogP contribution >= 0.6 is 0 Å². The first-order valence-electron chi connectivity index (χ1n) is 16.6. The van der Waals surface area contributed by atoms with Crippen molar-refractivity contribution < 1.29 is 9.47 Å². The Hall–Kier alpha value is -6.73. The molecule has 0 fully saturated rings.